The summed E-state index contributed by atoms with van der Waals surface area (Å²) in [7, 11) is 7.56. The molecule has 0 saturated heterocycles. The molecule has 2 unspecified atom stereocenters. The molecule has 0 heterocycles. The van der Waals surface area contributed by atoms with Crippen molar-refractivity contribution in [3.05, 3.63) is 94.0 Å². The van der Waals surface area contributed by atoms with Crippen LogP contribution in [0, 0.1) is 11.8 Å². The number of anilines is 2. The van der Waals surface area contributed by atoms with Gasteiger partial charge in [0.2, 0.25) is 0 Å². The Morgan fingerprint density at radius 1 is 0.574 bits per heavy atom. The number of nitrogens with two attached hydrogens (primary N) is 2. The zero-order valence-electron chi connectivity index (χ0n) is 32.7. The Morgan fingerprint density at radius 3 is 1.28 bits per heavy atom. The van der Waals surface area contributed by atoms with E-state index < -0.39 is 23.9 Å². The second-order valence-corrected chi connectivity index (χ2v) is 15.9. The molecule has 54 heavy (non-hydrogen) atoms. The number of rotatable bonds is 12. The first-order valence-electron chi connectivity index (χ1n) is 19.8. The highest BCUT2D eigenvalue weighted by Gasteiger charge is 2.29. The summed E-state index contributed by atoms with van der Waals surface area (Å²) in [5.74, 6) is 0.329. The molecule has 10 nitrogen and oxygen atoms in total. The first-order valence-corrected chi connectivity index (χ1v) is 19.8. The fourth-order valence-corrected chi connectivity index (χ4v) is 9.00. The molecule has 3 aromatic carbocycles. The highest BCUT2D eigenvalue weighted by atomic mass is 16.2. The predicted octanol–water partition coefficient (Wildman–Crippen LogP) is 8.03. The minimum absolute atomic E-state index is 0.192. The Balaban J connectivity index is 1.51. The van der Waals surface area contributed by atoms with E-state index in [2.05, 4.69) is 47.0 Å². The van der Waals surface area contributed by atoms with Crippen molar-refractivity contribution in [1.82, 2.24) is 10.6 Å². The molecule has 5 rings (SSSR count). The van der Waals surface area contributed by atoms with Crippen LogP contribution in [0.15, 0.2) is 60.7 Å². The van der Waals surface area contributed by atoms with Gasteiger partial charge in [-0.15, -0.1) is 0 Å². The maximum absolute atomic E-state index is 13.2. The van der Waals surface area contributed by atoms with E-state index in [1.807, 2.05) is 62.3 Å². The number of primary amides is 2. The lowest BCUT2D eigenvalue weighted by Crippen LogP contribution is -2.35. The van der Waals surface area contributed by atoms with Crippen LogP contribution in [0.4, 0.5) is 21.0 Å². The van der Waals surface area contributed by atoms with Crippen LogP contribution in [-0.2, 0) is 12.8 Å². The van der Waals surface area contributed by atoms with Crippen LogP contribution in [0.3, 0.4) is 0 Å². The van der Waals surface area contributed by atoms with E-state index in [-0.39, 0.29) is 11.8 Å². The van der Waals surface area contributed by atoms with Crippen molar-refractivity contribution in [1.29, 1.82) is 0 Å². The molecule has 0 aliphatic heterocycles. The van der Waals surface area contributed by atoms with E-state index in [4.69, 9.17) is 11.5 Å². The van der Waals surface area contributed by atoms with E-state index in [0.29, 0.717) is 23.0 Å². The van der Waals surface area contributed by atoms with Gasteiger partial charge in [-0.1, -0.05) is 87.8 Å². The zero-order chi connectivity index (χ0) is 38.8. The number of nitrogens with one attached hydrogen (secondary N) is 2. The molecule has 2 aliphatic carbocycles. The SMILES string of the molecule is CN(C)c1ccc(C(Cc2cccc(CC(c3ccc(N(C)C)c(C(=O)NC(N)=O)c3)C3CCCCCC3)c2)C2CCCCCC2)cc1C(=O)NC(N)=O. The smallest absolute Gasteiger partial charge is 0.319 e. The molecule has 2 saturated carbocycles. The average Bonchev–Trinajstić information content (AvgIpc) is 3.58. The molecule has 0 aromatic heterocycles. The Labute approximate surface area is 321 Å². The van der Waals surface area contributed by atoms with E-state index in [0.717, 1.165) is 61.0 Å². The lowest BCUT2D eigenvalue weighted by atomic mass is 9.76. The van der Waals surface area contributed by atoms with Crippen molar-refractivity contribution in [2.45, 2.75) is 102 Å². The molecule has 290 valence electrons. The van der Waals surface area contributed by atoms with Gasteiger partial charge in [0.1, 0.15) is 0 Å². The number of amides is 6. The summed E-state index contributed by atoms with van der Waals surface area (Å²) in [5, 5.41) is 4.57. The van der Waals surface area contributed by atoms with Crippen LogP contribution in [0.1, 0.15) is 132 Å². The standard InChI is InChI=1S/C44H60N6O4/c1-49(2)39-22-20-33(27-37(39)41(51)47-43(45)53)35(31-16-9-5-6-10-17-31)25-29-14-13-15-30(24-29)26-36(32-18-11-7-8-12-19-32)34-21-23-40(50(3)4)38(28-34)42(52)48-44(46)54/h13-15,20-24,27-28,31-32,35-36H,5-12,16-19,25-26H2,1-4H3,(H3,45,47,51,53)(H3,46,48,52,54). The largest absolute Gasteiger partial charge is 0.377 e. The number of benzene rings is 3. The first kappa shape index (κ1) is 40.3. The van der Waals surface area contributed by atoms with Crippen molar-refractivity contribution in [2.75, 3.05) is 38.0 Å². The fraction of sp³-hybridized carbons (Fsp3) is 0.500. The molecule has 2 fully saturated rings. The normalized spacial score (nSPS) is 16.7. The van der Waals surface area contributed by atoms with Crippen molar-refractivity contribution < 1.29 is 19.2 Å². The molecule has 2 atom stereocenters. The van der Waals surface area contributed by atoms with Gasteiger partial charge in [-0.3, -0.25) is 20.2 Å². The highest BCUT2D eigenvalue weighted by molar-refractivity contribution is 6.08. The number of hydrogen-bond acceptors (Lipinski definition) is 6. The third-order valence-electron chi connectivity index (χ3n) is 11.7. The van der Waals surface area contributed by atoms with Crippen molar-refractivity contribution >= 4 is 35.3 Å². The van der Waals surface area contributed by atoms with E-state index in [1.165, 1.54) is 62.5 Å². The van der Waals surface area contributed by atoms with E-state index in [1.54, 1.807) is 0 Å². The molecule has 6 N–H and O–H groups in total. The van der Waals surface area contributed by atoms with Crippen LogP contribution in [-0.4, -0.2) is 52.1 Å². The number of carbonyl (C=O) groups is 4. The second-order valence-electron chi connectivity index (χ2n) is 15.9. The van der Waals surface area contributed by atoms with Gasteiger partial charge in [-0.2, -0.15) is 0 Å². The maximum atomic E-state index is 13.2. The first-order chi connectivity index (χ1) is 25.9. The van der Waals surface area contributed by atoms with Gasteiger partial charge in [-0.05, 0) is 109 Å². The molecule has 2 aliphatic rings. The Morgan fingerprint density at radius 2 is 0.944 bits per heavy atom. The Hall–Kier alpha value is -4.86. The zero-order valence-corrected chi connectivity index (χ0v) is 32.7. The number of urea groups is 2. The van der Waals surface area contributed by atoms with Crippen LogP contribution in [0.2, 0.25) is 0 Å². The van der Waals surface area contributed by atoms with Crippen LogP contribution in [0.5, 0.6) is 0 Å². The summed E-state index contributed by atoms with van der Waals surface area (Å²) in [5.41, 5.74) is 17.8. The third kappa shape index (κ3) is 10.6. The Bertz CT molecular complexity index is 1650. The van der Waals surface area contributed by atoms with Crippen LogP contribution >= 0.6 is 0 Å². The van der Waals surface area contributed by atoms with Crippen molar-refractivity contribution in [3.63, 3.8) is 0 Å². The quantitative estimate of drug-likeness (QED) is 0.138. The minimum atomic E-state index is -0.867. The number of nitrogens with zero attached hydrogens (tertiary/aromatic N) is 2. The lowest BCUT2D eigenvalue weighted by molar-refractivity contribution is 0.0956. The second kappa shape index (κ2) is 18.9. The Kier molecular flexibility index (Phi) is 14.1. The van der Waals surface area contributed by atoms with E-state index >= 15 is 0 Å². The molecular formula is C44H60N6O4. The summed E-state index contributed by atoms with van der Waals surface area (Å²) in [6, 6.07) is 19.5. The van der Waals surface area contributed by atoms with Gasteiger partial charge in [0.05, 0.1) is 11.1 Å². The molecular weight excluding hydrogens is 677 g/mol. The van der Waals surface area contributed by atoms with Crippen LogP contribution in [0.25, 0.3) is 0 Å². The van der Waals surface area contributed by atoms with Gasteiger partial charge < -0.3 is 21.3 Å². The van der Waals surface area contributed by atoms with E-state index in [9.17, 15) is 19.2 Å². The predicted molar refractivity (Wildman–Crippen MR) is 217 cm³/mol. The number of imide groups is 2. The van der Waals surface area contributed by atoms with Crippen LogP contribution < -0.4 is 31.9 Å². The molecule has 0 radical (unpaired) electrons. The monoisotopic (exact) mass is 736 g/mol. The van der Waals surface area contributed by atoms with Crippen molar-refractivity contribution in [2.24, 2.45) is 23.3 Å². The summed E-state index contributed by atoms with van der Waals surface area (Å²) >= 11 is 0. The van der Waals surface area contributed by atoms with Gasteiger partial charge >= 0.3 is 12.1 Å². The lowest BCUT2D eigenvalue weighted by Gasteiger charge is -2.30. The topological polar surface area (TPSA) is 151 Å². The summed E-state index contributed by atoms with van der Waals surface area (Å²) < 4.78 is 0. The van der Waals surface area contributed by atoms with Gasteiger partial charge in [0, 0.05) is 39.6 Å². The fourth-order valence-electron chi connectivity index (χ4n) is 9.00. The highest BCUT2D eigenvalue weighted by Crippen LogP contribution is 2.41. The average molecular weight is 737 g/mol. The number of hydrogen-bond donors (Lipinski definition) is 4. The summed E-state index contributed by atoms with van der Waals surface area (Å²) in [4.78, 5) is 53.6. The van der Waals surface area contributed by atoms with Crippen molar-refractivity contribution in [3.8, 4) is 0 Å². The summed E-state index contributed by atoms with van der Waals surface area (Å²) in [6.07, 6.45) is 16.0. The minimum Gasteiger partial charge on any atom is -0.377 e. The van der Waals surface area contributed by atoms with Gasteiger partial charge in [0.15, 0.2) is 0 Å². The maximum Gasteiger partial charge on any atom is 0.319 e. The third-order valence-corrected chi connectivity index (χ3v) is 11.7. The van der Waals surface area contributed by atoms with Gasteiger partial charge in [0.25, 0.3) is 11.8 Å². The molecule has 10 heteroatoms. The summed E-state index contributed by atoms with van der Waals surface area (Å²) in [6.45, 7) is 0. The molecule has 0 spiro atoms. The molecule has 6 amide bonds. The molecule has 0 bridgehead atoms. The molecule has 3 aromatic rings. The van der Waals surface area contributed by atoms with Gasteiger partial charge in [-0.25, -0.2) is 9.59 Å². The number of carbonyl (C=O) groups excluding carboxylic acids is 4.